The first-order chi connectivity index (χ1) is 5.71. The van der Waals surface area contributed by atoms with Crippen LogP contribution in [0.1, 0.15) is 30.7 Å². The lowest BCUT2D eigenvalue weighted by Gasteiger charge is -2.36. The lowest BCUT2D eigenvalue weighted by molar-refractivity contribution is 0.238. The molecule has 0 radical (unpaired) electrons. The quantitative estimate of drug-likeness (QED) is 0.675. The second kappa shape index (κ2) is 2.52. The molecule has 1 fully saturated rings. The molecule has 1 aliphatic carbocycles. The maximum Gasteiger partial charge on any atom is 0.148 e. The lowest BCUT2D eigenvalue weighted by atomic mass is 9.77. The van der Waals surface area contributed by atoms with Crippen molar-refractivity contribution in [1.29, 1.82) is 0 Å². The predicted molar refractivity (Wildman–Crippen MR) is 46.5 cm³/mol. The first-order valence-electron chi connectivity index (χ1n) is 4.29. The van der Waals surface area contributed by atoms with E-state index in [1.54, 1.807) is 0 Å². The fourth-order valence-corrected chi connectivity index (χ4v) is 1.43. The fraction of sp³-hybridized carbons (Fsp3) is 0.556. The second-order valence-electron chi connectivity index (χ2n) is 3.59. The zero-order valence-electron chi connectivity index (χ0n) is 7.25. The Morgan fingerprint density at radius 3 is 2.33 bits per heavy atom. The summed E-state index contributed by atoms with van der Waals surface area (Å²) in [5.74, 6) is 0.805. The molecule has 1 aliphatic rings. The largest absolute Gasteiger partial charge is 0.319 e. The maximum absolute atomic E-state index is 6.05. The number of aryl methyl sites for hydroxylation is 1. The average Bonchev–Trinajstić information content (AvgIpc) is 2.02. The monoisotopic (exact) mass is 163 g/mol. The Kier molecular flexibility index (Phi) is 1.61. The van der Waals surface area contributed by atoms with Gasteiger partial charge < -0.3 is 5.73 Å². The molecule has 0 saturated heterocycles. The topological polar surface area (TPSA) is 51.8 Å². The number of nitrogens with two attached hydrogens (primary N) is 1. The molecular formula is C9H13N3. The van der Waals surface area contributed by atoms with Gasteiger partial charge in [-0.15, -0.1) is 0 Å². The molecule has 2 N–H and O–H groups in total. The van der Waals surface area contributed by atoms with Crippen molar-refractivity contribution in [3.05, 3.63) is 23.8 Å². The van der Waals surface area contributed by atoms with E-state index in [0.717, 1.165) is 24.2 Å². The zero-order valence-corrected chi connectivity index (χ0v) is 7.25. The molecule has 64 valence electrons. The number of hydrogen-bond donors (Lipinski definition) is 1. The summed E-state index contributed by atoms with van der Waals surface area (Å²) in [7, 11) is 0. The third-order valence-corrected chi connectivity index (χ3v) is 2.47. The van der Waals surface area contributed by atoms with Crippen molar-refractivity contribution in [3.8, 4) is 0 Å². The number of aromatic nitrogens is 2. The van der Waals surface area contributed by atoms with E-state index in [-0.39, 0.29) is 5.54 Å². The van der Waals surface area contributed by atoms with E-state index in [4.69, 9.17) is 5.73 Å². The van der Waals surface area contributed by atoms with Gasteiger partial charge in [-0.05, 0) is 31.7 Å². The van der Waals surface area contributed by atoms with Crippen molar-refractivity contribution in [3.63, 3.8) is 0 Å². The lowest BCUT2D eigenvalue weighted by Crippen LogP contribution is -2.44. The number of rotatable bonds is 1. The van der Waals surface area contributed by atoms with Gasteiger partial charge in [0, 0.05) is 12.4 Å². The number of nitrogens with zero attached hydrogens (tertiary/aromatic N) is 2. The van der Waals surface area contributed by atoms with Crippen molar-refractivity contribution in [2.45, 2.75) is 31.7 Å². The molecule has 12 heavy (non-hydrogen) atoms. The van der Waals surface area contributed by atoms with Gasteiger partial charge in [-0.25, -0.2) is 9.97 Å². The van der Waals surface area contributed by atoms with Crippen LogP contribution in [0.2, 0.25) is 0 Å². The zero-order chi connectivity index (χ0) is 8.60. The van der Waals surface area contributed by atoms with Gasteiger partial charge in [0.15, 0.2) is 0 Å². The van der Waals surface area contributed by atoms with Crippen molar-refractivity contribution >= 4 is 0 Å². The van der Waals surface area contributed by atoms with E-state index in [0.29, 0.717) is 0 Å². The molecule has 0 spiro atoms. The average molecular weight is 163 g/mol. The van der Waals surface area contributed by atoms with Crippen LogP contribution in [-0.4, -0.2) is 9.97 Å². The third kappa shape index (κ3) is 1.10. The molecular weight excluding hydrogens is 150 g/mol. The van der Waals surface area contributed by atoms with Gasteiger partial charge in [0.25, 0.3) is 0 Å². The van der Waals surface area contributed by atoms with Gasteiger partial charge in [-0.1, -0.05) is 0 Å². The van der Waals surface area contributed by atoms with Crippen LogP contribution in [0.25, 0.3) is 0 Å². The van der Waals surface area contributed by atoms with Gasteiger partial charge in [-0.2, -0.15) is 0 Å². The molecule has 1 heterocycles. The van der Waals surface area contributed by atoms with E-state index < -0.39 is 0 Å². The summed E-state index contributed by atoms with van der Waals surface area (Å²) in [6.07, 6.45) is 6.91. The highest BCUT2D eigenvalue weighted by Gasteiger charge is 2.36. The van der Waals surface area contributed by atoms with Crippen molar-refractivity contribution in [1.82, 2.24) is 9.97 Å². The Morgan fingerprint density at radius 1 is 1.33 bits per heavy atom. The summed E-state index contributed by atoms with van der Waals surface area (Å²) >= 11 is 0. The van der Waals surface area contributed by atoms with E-state index in [9.17, 15) is 0 Å². The van der Waals surface area contributed by atoms with Crippen LogP contribution in [0, 0.1) is 6.92 Å². The van der Waals surface area contributed by atoms with E-state index in [1.807, 2.05) is 19.3 Å². The van der Waals surface area contributed by atoms with Crippen molar-refractivity contribution < 1.29 is 0 Å². The SMILES string of the molecule is Cc1cnc(C2(N)CCC2)nc1. The van der Waals surface area contributed by atoms with Gasteiger partial charge in [0.05, 0.1) is 5.54 Å². The van der Waals surface area contributed by atoms with Crippen LogP contribution in [-0.2, 0) is 5.54 Å². The molecule has 2 rings (SSSR count). The Hall–Kier alpha value is -0.960. The highest BCUT2D eigenvalue weighted by atomic mass is 15.0. The highest BCUT2D eigenvalue weighted by molar-refractivity contribution is 5.12. The first-order valence-corrected chi connectivity index (χ1v) is 4.29. The van der Waals surface area contributed by atoms with Crippen LogP contribution in [0.5, 0.6) is 0 Å². The van der Waals surface area contributed by atoms with E-state index in [2.05, 4.69) is 9.97 Å². The second-order valence-corrected chi connectivity index (χ2v) is 3.59. The smallest absolute Gasteiger partial charge is 0.148 e. The summed E-state index contributed by atoms with van der Waals surface area (Å²) in [6, 6.07) is 0. The Morgan fingerprint density at radius 2 is 1.92 bits per heavy atom. The van der Waals surface area contributed by atoms with Crippen LogP contribution in [0.3, 0.4) is 0 Å². The first kappa shape index (κ1) is 7.68. The Bertz CT molecular complexity index is 274. The molecule has 1 aromatic rings. The van der Waals surface area contributed by atoms with Crippen LogP contribution >= 0.6 is 0 Å². The molecule has 0 aromatic carbocycles. The van der Waals surface area contributed by atoms with Crippen molar-refractivity contribution in [2.75, 3.05) is 0 Å². The summed E-state index contributed by atoms with van der Waals surface area (Å²) < 4.78 is 0. The van der Waals surface area contributed by atoms with Gasteiger partial charge in [0.2, 0.25) is 0 Å². The van der Waals surface area contributed by atoms with Crippen LogP contribution in [0.15, 0.2) is 12.4 Å². The van der Waals surface area contributed by atoms with E-state index >= 15 is 0 Å². The summed E-state index contributed by atoms with van der Waals surface area (Å²) in [5, 5.41) is 0. The highest BCUT2D eigenvalue weighted by Crippen LogP contribution is 2.36. The molecule has 0 atom stereocenters. The van der Waals surface area contributed by atoms with Crippen LogP contribution < -0.4 is 5.73 Å². The molecule has 0 bridgehead atoms. The Labute approximate surface area is 72.0 Å². The fourth-order valence-electron chi connectivity index (χ4n) is 1.43. The molecule has 1 aromatic heterocycles. The standard InChI is InChI=1S/C9H13N3/c1-7-5-11-8(12-6-7)9(10)3-2-4-9/h5-6H,2-4,10H2,1H3. The van der Waals surface area contributed by atoms with Gasteiger partial charge in [0.1, 0.15) is 5.82 Å². The van der Waals surface area contributed by atoms with Crippen molar-refractivity contribution in [2.24, 2.45) is 5.73 Å². The minimum atomic E-state index is -0.215. The van der Waals surface area contributed by atoms with Gasteiger partial charge >= 0.3 is 0 Å². The van der Waals surface area contributed by atoms with Crippen LogP contribution in [0.4, 0.5) is 0 Å². The number of hydrogen-bond acceptors (Lipinski definition) is 3. The molecule has 0 amide bonds. The summed E-state index contributed by atoms with van der Waals surface area (Å²) in [6.45, 7) is 1.98. The minimum Gasteiger partial charge on any atom is -0.319 e. The molecule has 0 unspecified atom stereocenters. The minimum absolute atomic E-state index is 0.215. The summed E-state index contributed by atoms with van der Waals surface area (Å²) in [5.41, 5.74) is 6.92. The third-order valence-electron chi connectivity index (χ3n) is 2.47. The molecule has 3 heteroatoms. The normalized spacial score (nSPS) is 20.2. The summed E-state index contributed by atoms with van der Waals surface area (Å²) in [4.78, 5) is 8.47. The maximum atomic E-state index is 6.05. The van der Waals surface area contributed by atoms with E-state index in [1.165, 1.54) is 6.42 Å². The molecule has 0 aliphatic heterocycles. The molecule has 1 saturated carbocycles. The van der Waals surface area contributed by atoms with Gasteiger partial charge in [-0.3, -0.25) is 0 Å². The Balaban J connectivity index is 2.28. The predicted octanol–water partition coefficient (Wildman–Crippen LogP) is 1.12. The molecule has 3 nitrogen and oxygen atoms in total.